The van der Waals surface area contributed by atoms with E-state index in [0.29, 0.717) is 18.0 Å². The third-order valence-electron chi connectivity index (χ3n) is 3.70. The molecule has 2 rings (SSSR count). The second kappa shape index (κ2) is 10.7. The van der Waals surface area contributed by atoms with Crippen LogP contribution in [-0.2, 0) is 13.0 Å². The average molecular weight is 421 g/mol. The van der Waals surface area contributed by atoms with Crippen molar-refractivity contribution in [1.82, 2.24) is 15.6 Å². The minimum Gasteiger partial charge on any atom is -0.493 e. The zero-order chi connectivity index (χ0) is 18.8. The van der Waals surface area contributed by atoms with Crippen molar-refractivity contribution in [3.8, 4) is 11.5 Å². The molecule has 140 valence electrons. The molecule has 1 aromatic carbocycles. The van der Waals surface area contributed by atoms with E-state index < -0.39 is 0 Å². The predicted octanol–water partition coefficient (Wildman–Crippen LogP) is 3.16. The van der Waals surface area contributed by atoms with Crippen LogP contribution in [0.25, 0.3) is 0 Å². The highest BCUT2D eigenvalue weighted by Crippen LogP contribution is 2.33. The second-order valence-corrected chi connectivity index (χ2v) is 6.35. The third kappa shape index (κ3) is 5.91. The molecule has 26 heavy (non-hydrogen) atoms. The number of nitrogens with one attached hydrogen (secondary N) is 2. The Labute approximate surface area is 163 Å². The summed E-state index contributed by atoms with van der Waals surface area (Å²) in [6, 6.07) is 9.77. The molecule has 6 nitrogen and oxygen atoms in total. The van der Waals surface area contributed by atoms with Gasteiger partial charge in [0.25, 0.3) is 0 Å². The van der Waals surface area contributed by atoms with Crippen LogP contribution in [0.15, 0.2) is 46.0 Å². The molecule has 0 aliphatic rings. The van der Waals surface area contributed by atoms with Crippen molar-refractivity contribution in [3.63, 3.8) is 0 Å². The van der Waals surface area contributed by atoms with Gasteiger partial charge in [0.15, 0.2) is 17.5 Å². The first kappa shape index (κ1) is 20.0. The van der Waals surface area contributed by atoms with Gasteiger partial charge in [0.05, 0.1) is 20.8 Å². The van der Waals surface area contributed by atoms with Crippen molar-refractivity contribution in [2.75, 3.05) is 27.3 Å². The smallest absolute Gasteiger partial charge is 0.191 e. The molecule has 0 aliphatic carbocycles. The summed E-state index contributed by atoms with van der Waals surface area (Å²) in [4.78, 5) is 8.98. The molecule has 0 atom stereocenters. The van der Waals surface area contributed by atoms with Gasteiger partial charge in [0.1, 0.15) is 0 Å². The number of aromatic nitrogens is 1. The molecular formula is C19H25BrN4O2. The van der Waals surface area contributed by atoms with E-state index in [9.17, 15) is 0 Å². The maximum Gasteiger partial charge on any atom is 0.191 e. The first-order chi connectivity index (χ1) is 12.7. The molecule has 0 radical (unpaired) electrons. The molecule has 0 amide bonds. The molecule has 0 unspecified atom stereocenters. The van der Waals surface area contributed by atoms with E-state index >= 15 is 0 Å². The van der Waals surface area contributed by atoms with Crippen LogP contribution in [0.1, 0.15) is 18.2 Å². The summed E-state index contributed by atoms with van der Waals surface area (Å²) in [7, 11) is 3.25. The van der Waals surface area contributed by atoms with Crippen molar-refractivity contribution >= 4 is 21.9 Å². The summed E-state index contributed by atoms with van der Waals surface area (Å²) in [5.74, 6) is 2.15. The molecule has 1 aromatic heterocycles. The fourth-order valence-electron chi connectivity index (χ4n) is 2.38. The number of rotatable bonds is 8. The van der Waals surface area contributed by atoms with Gasteiger partial charge >= 0.3 is 0 Å². The normalized spacial score (nSPS) is 11.2. The number of methoxy groups -OCH3 is 2. The molecule has 0 saturated carbocycles. The Morgan fingerprint density at radius 3 is 2.58 bits per heavy atom. The van der Waals surface area contributed by atoms with Gasteiger partial charge in [-0.05, 0) is 36.8 Å². The van der Waals surface area contributed by atoms with E-state index in [1.165, 1.54) is 0 Å². The number of aliphatic imine (C=N–C) groups is 1. The number of guanidine groups is 1. The molecule has 7 heteroatoms. The molecule has 2 aromatic rings. The lowest BCUT2D eigenvalue weighted by molar-refractivity contribution is 0.354. The standard InChI is InChI=1S/C19H25BrN4O2/c1-4-21-19(23-10-8-15-7-5-6-9-22-15)24-13-14-11-17(25-2)18(26-3)12-16(14)20/h5-7,9,11-12H,4,8,10,13H2,1-3H3,(H2,21,23,24). The largest absolute Gasteiger partial charge is 0.493 e. The van der Waals surface area contributed by atoms with Gasteiger partial charge in [-0.15, -0.1) is 0 Å². The number of hydrogen-bond donors (Lipinski definition) is 2. The predicted molar refractivity (Wildman–Crippen MR) is 108 cm³/mol. The zero-order valence-electron chi connectivity index (χ0n) is 15.4. The lowest BCUT2D eigenvalue weighted by atomic mass is 10.2. The van der Waals surface area contributed by atoms with E-state index in [-0.39, 0.29) is 0 Å². The van der Waals surface area contributed by atoms with E-state index in [2.05, 4.69) is 36.5 Å². The van der Waals surface area contributed by atoms with Crippen LogP contribution >= 0.6 is 15.9 Å². The van der Waals surface area contributed by atoms with Crippen LogP contribution in [0.3, 0.4) is 0 Å². The Bertz CT molecular complexity index is 723. The first-order valence-electron chi connectivity index (χ1n) is 8.50. The van der Waals surface area contributed by atoms with E-state index in [1.54, 1.807) is 14.2 Å². The molecule has 0 bridgehead atoms. The van der Waals surface area contributed by atoms with Gasteiger partial charge in [-0.3, -0.25) is 4.98 Å². The minimum absolute atomic E-state index is 0.514. The summed E-state index contributed by atoms with van der Waals surface area (Å²) in [5, 5.41) is 6.59. The number of halogens is 1. The topological polar surface area (TPSA) is 67.8 Å². The lowest BCUT2D eigenvalue weighted by Gasteiger charge is -2.13. The van der Waals surface area contributed by atoms with Crippen LogP contribution in [0.5, 0.6) is 11.5 Å². The van der Waals surface area contributed by atoms with Gasteiger partial charge in [-0.1, -0.05) is 22.0 Å². The molecule has 0 aliphatic heterocycles. The van der Waals surface area contributed by atoms with E-state index in [4.69, 9.17) is 9.47 Å². The number of hydrogen-bond acceptors (Lipinski definition) is 4. The van der Waals surface area contributed by atoms with Gasteiger partial charge in [-0.2, -0.15) is 0 Å². The zero-order valence-corrected chi connectivity index (χ0v) is 17.0. The fraction of sp³-hybridized carbons (Fsp3) is 0.368. The minimum atomic E-state index is 0.514. The van der Waals surface area contributed by atoms with Gasteiger partial charge in [-0.25, -0.2) is 4.99 Å². The monoisotopic (exact) mass is 420 g/mol. The number of ether oxygens (including phenoxy) is 2. The highest BCUT2D eigenvalue weighted by atomic mass is 79.9. The van der Waals surface area contributed by atoms with Gasteiger partial charge < -0.3 is 20.1 Å². The molecular weight excluding hydrogens is 396 g/mol. The Balaban J connectivity index is 2.01. The van der Waals surface area contributed by atoms with Crippen molar-refractivity contribution in [2.45, 2.75) is 19.9 Å². The first-order valence-corrected chi connectivity index (χ1v) is 9.29. The Morgan fingerprint density at radius 2 is 1.92 bits per heavy atom. The average Bonchev–Trinajstić information content (AvgIpc) is 2.67. The number of pyridine rings is 1. The van der Waals surface area contributed by atoms with Crippen LogP contribution < -0.4 is 20.1 Å². The van der Waals surface area contributed by atoms with Crippen LogP contribution in [0.4, 0.5) is 0 Å². The Hall–Kier alpha value is -2.28. The Morgan fingerprint density at radius 1 is 1.15 bits per heavy atom. The van der Waals surface area contributed by atoms with Crippen LogP contribution in [0.2, 0.25) is 0 Å². The third-order valence-corrected chi connectivity index (χ3v) is 4.44. The highest BCUT2D eigenvalue weighted by molar-refractivity contribution is 9.10. The summed E-state index contributed by atoms with van der Waals surface area (Å²) in [6.07, 6.45) is 2.65. The second-order valence-electron chi connectivity index (χ2n) is 5.49. The summed E-state index contributed by atoms with van der Waals surface area (Å²) in [6.45, 7) is 4.11. The molecule has 0 spiro atoms. The maximum absolute atomic E-state index is 5.37. The SMILES string of the molecule is CCNC(=NCc1cc(OC)c(OC)cc1Br)NCCc1ccccn1. The van der Waals surface area contributed by atoms with Crippen molar-refractivity contribution in [2.24, 2.45) is 4.99 Å². The lowest BCUT2D eigenvalue weighted by Crippen LogP contribution is -2.38. The molecule has 0 fully saturated rings. The fourth-order valence-corrected chi connectivity index (χ4v) is 2.83. The quantitative estimate of drug-likeness (QED) is 0.506. The summed E-state index contributed by atoms with van der Waals surface area (Å²) in [5.41, 5.74) is 2.07. The maximum atomic E-state index is 5.37. The van der Waals surface area contributed by atoms with Crippen molar-refractivity contribution in [3.05, 3.63) is 52.3 Å². The molecule has 2 N–H and O–H groups in total. The highest BCUT2D eigenvalue weighted by Gasteiger charge is 2.09. The van der Waals surface area contributed by atoms with Crippen LogP contribution in [0, 0.1) is 0 Å². The van der Waals surface area contributed by atoms with Gasteiger partial charge in [0.2, 0.25) is 0 Å². The van der Waals surface area contributed by atoms with E-state index in [1.807, 2.05) is 43.5 Å². The van der Waals surface area contributed by atoms with E-state index in [0.717, 1.165) is 41.2 Å². The molecule has 0 saturated heterocycles. The molecule has 1 heterocycles. The Kier molecular flexibility index (Phi) is 8.21. The number of benzene rings is 1. The van der Waals surface area contributed by atoms with Crippen molar-refractivity contribution in [1.29, 1.82) is 0 Å². The van der Waals surface area contributed by atoms with Crippen molar-refractivity contribution < 1.29 is 9.47 Å². The summed E-state index contributed by atoms with van der Waals surface area (Å²) >= 11 is 3.57. The summed E-state index contributed by atoms with van der Waals surface area (Å²) < 4.78 is 11.6. The van der Waals surface area contributed by atoms with Crippen LogP contribution in [-0.4, -0.2) is 38.3 Å². The van der Waals surface area contributed by atoms with Gasteiger partial charge in [0, 0.05) is 35.9 Å². The number of nitrogens with zero attached hydrogens (tertiary/aromatic N) is 2.